The molecule has 0 heterocycles. The third-order valence-corrected chi connectivity index (χ3v) is 2.49. The Morgan fingerprint density at radius 2 is 2.07 bits per heavy atom. The van der Waals surface area contributed by atoms with Crippen LogP contribution in [0.1, 0.15) is 33.1 Å². The van der Waals surface area contributed by atoms with E-state index in [1.807, 2.05) is 0 Å². The molecule has 0 saturated heterocycles. The van der Waals surface area contributed by atoms with Crippen LogP contribution in [0, 0.1) is 0 Å². The lowest BCUT2D eigenvalue weighted by molar-refractivity contribution is 0.150. The van der Waals surface area contributed by atoms with E-state index in [4.69, 9.17) is 23.1 Å². The molecule has 0 aromatic heterocycles. The van der Waals surface area contributed by atoms with Crippen LogP contribution in [-0.4, -0.2) is 40.7 Å². The molecule has 0 aromatic carbocycles. The Morgan fingerprint density at radius 1 is 1.43 bits per heavy atom. The molecule has 0 amide bonds. The van der Waals surface area contributed by atoms with Gasteiger partial charge in [-0.15, -0.1) is 0 Å². The Hall–Kier alpha value is -0.190. The van der Waals surface area contributed by atoms with E-state index in [1.165, 1.54) is 0 Å². The number of thiocarbonyl (C=S) groups is 1. The summed E-state index contributed by atoms with van der Waals surface area (Å²) in [5.41, 5.74) is 5.54. The summed E-state index contributed by atoms with van der Waals surface area (Å²) in [7, 11) is 0. The number of rotatable bonds is 8. The topological polar surface area (TPSA) is 49.5 Å². The van der Waals surface area contributed by atoms with Gasteiger partial charge in [0.15, 0.2) is 0 Å². The second-order valence-corrected chi connectivity index (χ2v) is 4.02. The van der Waals surface area contributed by atoms with Crippen LogP contribution >= 0.6 is 12.2 Å². The van der Waals surface area contributed by atoms with Crippen molar-refractivity contribution in [3.05, 3.63) is 0 Å². The SMILES string of the molecule is CCCN(CCO)C(CC)CC(N)=S. The van der Waals surface area contributed by atoms with Gasteiger partial charge in [-0.2, -0.15) is 0 Å². The lowest BCUT2D eigenvalue weighted by Gasteiger charge is -2.29. The quantitative estimate of drug-likeness (QED) is 0.600. The zero-order valence-corrected chi connectivity index (χ0v) is 10.0. The largest absolute Gasteiger partial charge is 0.395 e. The first-order valence-corrected chi connectivity index (χ1v) is 5.69. The van der Waals surface area contributed by atoms with Crippen molar-refractivity contribution in [3.63, 3.8) is 0 Å². The minimum Gasteiger partial charge on any atom is -0.395 e. The standard InChI is InChI=1S/C10H22N2OS/c1-3-5-12(6-7-13)9(4-2)8-10(11)14/h9,13H,3-8H2,1-2H3,(H2,11,14). The van der Waals surface area contributed by atoms with Crippen molar-refractivity contribution >= 4 is 17.2 Å². The van der Waals surface area contributed by atoms with Crippen LogP contribution in [0.5, 0.6) is 0 Å². The second-order valence-electron chi connectivity index (χ2n) is 3.49. The normalized spacial score (nSPS) is 13.1. The predicted molar refractivity (Wildman–Crippen MR) is 64.4 cm³/mol. The van der Waals surface area contributed by atoms with Crippen LogP contribution in [0.25, 0.3) is 0 Å². The number of hydrogen-bond donors (Lipinski definition) is 2. The highest BCUT2D eigenvalue weighted by Gasteiger charge is 2.15. The van der Waals surface area contributed by atoms with Crippen molar-refractivity contribution in [2.75, 3.05) is 19.7 Å². The number of nitrogens with zero attached hydrogens (tertiary/aromatic N) is 1. The van der Waals surface area contributed by atoms with Gasteiger partial charge in [0.1, 0.15) is 0 Å². The van der Waals surface area contributed by atoms with Crippen molar-refractivity contribution in [1.82, 2.24) is 4.90 Å². The molecule has 0 rings (SSSR count). The molecule has 0 aliphatic carbocycles. The average molecular weight is 218 g/mol. The molecule has 1 atom stereocenters. The van der Waals surface area contributed by atoms with Gasteiger partial charge in [-0.25, -0.2) is 0 Å². The summed E-state index contributed by atoms with van der Waals surface area (Å²) in [6, 6.07) is 0.389. The van der Waals surface area contributed by atoms with Crippen molar-refractivity contribution in [2.24, 2.45) is 5.73 Å². The molecule has 84 valence electrons. The van der Waals surface area contributed by atoms with Crippen LogP contribution in [0.2, 0.25) is 0 Å². The lowest BCUT2D eigenvalue weighted by Crippen LogP contribution is -2.39. The maximum absolute atomic E-state index is 8.94. The van der Waals surface area contributed by atoms with E-state index in [0.29, 0.717) is 11.0 Å². The maximum atomic E-state index is 8.94. The summed E-state index contributed by atoms with van der Waals surface area (Å²) in [6.07, 6.45) is 2.87. The first kappa shape index (κ1) is 13.8. The van der Waals surface area contributed by atoms with Crippen molar-refractivity contribution in [2.45, 2.75) is 39.2 Å². The zero-order chi connectivity index (χ0) is 11.0. The number of hydrogen-bond acceptors (Lipinski definition) is 3. The molecule has 14 heavy (non-hydrogen) atoms. The lowest BCUT2D eigenvalue weighted by atomic mass is 10.1. The van der Waals surface area contributed by atoms with E-state index in [0.717, 1.165) is 32.4 Å². The molecule has 0 radical (unpaired) electrons. The van der Waals surface area contributed by atoms with Gasteiger partial charge in [0.2, 0.25) is 0 Å². The van der Waals surface area contributed by atoms with Crippen molar-refractivity contribution < 1.29 is 5.11 Å². The van der Waals surface area contributed by atoms with E-state index >= 15 is 0 Å². The molecule has 0 fully saturated rings. The van der Waals surface area contributed by atoms with Crippen LogP contribution in [0.4, 0.5) is 0 Å². The third-order valence-electron chi connectivity index (χ3n) is 2.32. The summed E-state index contributed by atoms with van der Waals surface area (Å²) in [6.45, 7) is 6.19. The highest BCUT2D eigenvalue weighted by atomic mass is 32.1. The van der Waals surface area contributed by atoms with Gasteiger partial charge in [-0.3, -0.25) is 4.90 Å². The fourth-order valence-electron chi connectivity index (χ4n) is 1.66. The van der Waals surface area contributed by atoms with E-state index < -0.39 is 0 Å². The average Bonchev–Trinajstić information content (AvgIpc) is 2.13. The van der Waals surface area contributed by atoms with Gasteiger partial charge >= 0.3 is 0 Å². The Balaban J connectivity index is 4.16. The fraction of sp³-hybridized carbons (Fsp3) is 0.900. The molecule has 0 aromatic rings. The Morgan fingerprint density at radius 3 is 2.43 bits per heavy atom. The van der Waals surface area contributed by atoms with Crippen LogP contribution in [0.15, 0.2) is 0 Å². The summed E-state index contributed by atoms with van der Waals surface area (Å²) >= 11 is 4.91. The van der Waals surface area contributed by atoms with Crippen LogP contribution < -0.4 is 5.73 Å². The fourth-order valence-corrected chi connectivity index (χ4v) is 1.85. The predicted octanol–water partition coefficient (Wildman–Crippen LogP) is 1.15. The minimum atomic E-state index is 0.202. The molecule has 0 spiro atoms. The van der Waals surface area contributed by atoms with Gasteiger partial charge < -0.3 is 10.8 Å². The van der Waals surface area contributed by atoms with Gasteiger partial charge in [0.05, 0.1) is 11.6 Å². The first-order valence-electron chi connectivity index (χ1n) is 5.28. The summed E-state index contributed by atoms with van der Waals surface area (Å²) < 4.78 is 0. The summed E-state index contributed by atoms with van der Waals surface area (Å²) in [5.74, 6) is 0. The highest BCUT2D eigenvalue weighted by Crippen LogP contribution is 2.09. The molecule has 1 unspecified atom stereocenters. The Kier molecular flexibility index (Phi) is 8.04. The Bertz CT molecular complexity index is 158. The molecule has 0 aliphatic rings. The minimum absolute atomic E-state index is 0.202. The number of nitrogens with two attached hydrogens (primary N) is 1. The molecular formula is C10H22N2OS. The smallest absolute Gasteiger partial charge is 0.0743 e. The molecule has 3 N–H and O–H groups in total. The van der Waals surface area contributed by atoms with Gasteiger partial charge in [0.25, 0.3) is 0 Å². The highest BCUT2D eigenvalue weighted by molar-refractivity contribution is 7.80. The molecule has 3 nitrogen and oxygen atoms in total. The van der Waals surface area contributed by atoms with E-state index in [2.05, 4.69) is 18.7 Å². The maximum Gasteiger partial charge on any atom is 0.0743 e. The first-order chi connectivity index (χ1) is 6.65. The molecule has 0 saturated carbocycles. The van der Waals surface area contributed by atoms with Gasteiger partial charge in [-0.05, 0) is 19.4 Å². The van der Waals surface area contributed by atoms with Gasteiger partial charge in [0, 0.05) is 19.0 Å². The van der Waals surface area contributed by atoms with E-state index in [-0.39, 0.29) is 6.61 Å². The van der Waals surface area contributed by atoms with E-state index in [1.54, 1.807) is 0 Å². The van der Waals surface area contributed by atoms with E-state index in [9.17, 15) is 0 Å². The Labute approximate surface area is 92.3 Å². The zero-order valence-electron chi connectivity index (χ0n) is 9.20. The van der Waals surface area contributed by atoms with Crippen molar-refractivity contribution in [3.8, 4) is 0 Å². The molecular weight excluding hydrogens is 196 g/mol. The van der Waals surface area contributed by atoms with Crippen molar-refractivity contribution in [1.29, 1.82) is 0 Å². The third kappa shape index (κ3) is 5.52. The molecule has 0 aliphatic heterocycles. The molecule has 0 bridgehead atoms. The monoisotopic (exact) mass is 218 g/mol. The summed E-state index contributed by atoms with van der Waals surface area (Å²) in [5, 5.41) is 8.94. The van der Waals surface area contributed by atoms with Crippen LogP contribution in [-0.2, 0) is 0 Å². The van der Waals surface area contributed by atoms with Crippen LogP contribution in [0.3, 0.4) is 0 Å². The number of aliphatic hydroxyl groups excluding tert-OH is 1. The molecule has 4 heteroatoms. The van der Waals surface area contributed by atoms with Gasteiger partial charge in [-0.1, -0.05) is 26.1 Å². The second kappa shape index (κ2) is 8.15. The number of aliphatic hydroxyl groups is 1. The summed E-state index contributed by atoms with van der Waals surface area (Å²) in [4.78, 5) is 2.83.